The molecule has 4 heteroatoms. The highest BCUT2D eigenvalue weighted by atomic mass is 32.1. The number of thiophene rings is 1. The number of pyridine rings is 1. The quantitative estimate of drug-likeness (QED) is 0.775. The average molecular weight is 279 g/mol. The van der Waals surface area contributed by atoms with Crippen LogP contribution in [0.1, 0.15) is 24.1 Å². The molecule has 2 heterocycles. The third kappa shape index (κ3) is 2.24. The summed E-state index contributed by atoms with van der Waals surface area (Å²) < 4.78 is 0. The molecule has 98 valence electrons. The van der Waals surface area contributed by atoms with Crippen LogP contribution >= 0.6 is 11.3 Å². The molecule has 20 heavy (non-hydrogen) atoms. The number of hydrogen-bond donors (Lipinski definition) is 1. The lowest BCUT2D eigenvalue weighted by Crippen LogP contribution is -2.07. The molecule has 0 aliphatic heterocycles. The molecule has 1 unspecified atom stereocenters. The van der Waals surface area contributed by atoms with Gasteiger partial charge in [0.1, 0.15) is 6.07 Å². The number of rotatable bonds is 3. The third-order valence-corrected chi connectivity index (χ3v) is 4.00. The smallest absolute Gasteiger partial charge is 0.103 e. The predicted octanol–water partition coefficient (Wildman–Crippen LogP) is 4.34. The van der Waals surface area contributed by atoms with Crippen molar-refractivity contribution >= 4 is 27.9 Å². The maximum absolute atomic E-state index is 9.29. The minimum atomic E-state index is 0.152. The Balaban J connectivity index is 2.07. The summed E-state index contributed by atoms with van der Waals surface area (Å²) >= 11 is 1.67. The Morgan fingerprint density at radius 3 is 2.90 bits per heavy atom. The van der Waals surface area contributed by atoms with Crippen LogP contribution in [-0.4, -0.2) is 4.98 Å². The van der Waals surface area contributed by atoms with Gasteiger partial charge in [0.2, 0.25) is 0 Å². The number of nitrogens with one attached hydrogen (secondary N) is 1. The normalized spacial score (nSPS) is 12.0. The second-order valence-corrected chi connectivity index (χ2v) is 5.38. The molecule has 3 rings (SSSR count). The van der Waals surface area contributed by atoms with Crippen molar-refractivity contribution in [2.24, 2.45) is 0 Å². The molecule has 2 aromatic heterocycles. The van der Waals surface area contributed by atoms with E-state index in [2.05, 4.69) is 40.1 Å². The van der Waals surface area contributed by atoms with Gasteiger partial charge in [0.05, 0.1) is 16.8 Å². The van der Waals surface area contributed by atoms with E-state index in [-0.39, 0.29) is 6.04 Å². The molecule has 1 N–H and O–H groups in total. The minimum absolute atomic E-state index is 0.152. The maximum atomic E-state index is 9.29. The summed E-state index contributed by atoms with van der Waals surface area (Å²) in [5.74, 6) is 0. The second-order valence-electron chi connectivity index (χ2n) is 4.60. The summed E-state index contributed by atoms with van der Waals surface area (Å²) in [7, 11) is 0. The van der Waals surface area contributed by atoms with Gasteiger partial charge in [-0.05, 0) is 35.4 Å². The van der Waals surface area contributed by atoms with E-state index in [4.69, 9.17) is 0 Å². The van der Waals surface area contributed by atoms with Gasteiger partial charge in [-0.3, -0.25) is 4.98 Å². The number of fused-ring (bicyclic) bond motifs is 1. The number of aromatic nitrogens is 1. The third-order valence-electron chi connectivity index (χ3n) is 3.30. The molecule has 0 aliphatic carbocycles. The Hall–Kier alpha value is -2.38. The number of hydrogen-bond acceptors (Lipinski definition) is 4. The van der Waals surface area contributed by atoms with Crippen molar-refractivity contribution in [1.29, 1.82) is 5.26 Å². The lowest BCUT2D eigenvalue weighted by Gasteiger charge is -2.17. The monoisotopic (exact) mass is 279 g/mol. The molecule has 3 aromatic rings. The Bertz CT molecular complexity index is 772. The Morgan fingerprint density at radius 2 is 2.15 bits per heavy atom. The molecule has 0 aliphatic rings. The first-order valence-corrected chi connectivity index (χ1v) is 7.30. The van der Waals surface area contributed by atoms with Gasteiger partial charge >= 0.3 is 0 Å². The van der Waals surface area contributed by atoms with Crippen LogP contribution in [0.15, 0.2) is 47.3 Å². The summed E-state index contributed by atoms with van der Waals surface area (Å²) in [6, 6.07) is 12.3. The van der Waals surface area contributed by atoms with Crippen molar-refractivity contribution in [3.8, 4) is 6.07 Å². The maximum Gasteiger partial charge on any atom is 0.103 e. The summed E-state index contributed by atoms with van der Waals surface area (Å²) in [6.45, 7) is 2.10. The summed E-state index contributed by atoms with van der Waals surface area (Å²) in [6.07, 6.45) is 1.63. The van der Waals surface area contributed by atoms with Crippen molar-refractivity contribution in [1.82, 2.24) is 4.98 Å². The van der Waals surface area contributed by atoms with Gasteiger partial charge in [0, 0.05) is 17.6 Å². The molecule has 1 atom stereocenters. The SMILES string of the molecule is CC(Nc1c(C#N)cnc2ccccc12)c1ccsc1. The van der Waals surface area contributed by atoms with Crippen molar-refractivity contribution in [2.45, 2.75) is 13.0 Å². The highest BCUT2D eigenvalue weighted by Gasteiger charge is 2.12. The summed E-state index contributed by atoms with van der Waals surface area (Å²) in [5.41, 5.74) is 3.55. The number of para-hydroxylation sites is 1. The lowest BCUT2D eigenvalue weighted by molar-refractivity contribution is 0.891. The standard InChI is InChI=1S/C16H13N3S/c1-11(12-6-7-20-10-12)19-16-13(8-17)9-18-15-5-3-2-4-14(15)16/h2-7,9-11H,1H3,(H,18,19). The van der Waals surface area contributed by atoms with Crippen LogP contribution in [0.4, 0.5) is 5.69 Å². The minimum Gasteiger partial charge on any atom is -0.377 e. The molecule has 3 nitrogen and oxygen atoms in total. The van der Waals surface area contributed by atoms with Crippen molar-refractivity contribution in [3.05, 3.63) is 58.4 Å². The van der Waals surface area contributed by atoms with Gasteiger partial charge in [-0.2, -0.15) is 16.6 Å². The first kappa shape index (κ1) is 12.6. The summed E-state index contributed by atoms with van der Waals surface area (Å²) in [5, 5.41) is 17.9. The number of benzene rings is 1. The van der Waals surface area contributed by atoms with Crippen LogP contribution < -0.4 is 5.32 Å². The molecule has 0 spiro atoms. The van der Waals surface area contributed by atoms with Gasteiger partial charge in [0.15, 0.2) is 0 Å². The van der Waals surface area contributed by atoms with Crippen LogP contribution in [0, 0.1) is 11.3 Å². The van der Waals surface area contributed by atoms with E-state index in [1.807, 2.05) is 24.3 Å². The Kier molecular flexibility index (Phi) is 3.36. The fourth-order valence-electron chi connectivity index (χ4n) is 2.20. The first-order chi connectivity index (χ1) is 9.79. The fraction of sp³-hybridized carbons (Fsp3) is 0.125. The van der Waals surface area contributed by atoms with E-state index in [0.29, 0.717) is 5.56 Å². The van der Waals surface area contributed by atoms with E-state index >= 15 is 0 Å². The molecular formula is C16H13N3S. The van der Waals surface area contributed by atoms with Crippen molar-refractivity contribution in [2.75, 3.05) is 5.32 Å². The van der Waals surface area contributed by atoms with Crippen LogP contribution in [0.3, 0.4) is 0 Å². The van der Waals surface area contributed by atoms with E-state index < -0.39 is 0 Å². The van der Waals surface area contributed by atoms with E-state index in [1.165, 1.54) is 5.56 Å². The van der Waals surface area contributed by atoms with Gasteiger partial charge in [-0.1, -0.05) is 18.2 Å². The molecule has 0 amide bonds. The van der Waals surface area contributed by atoms with Crippen LogP contribution in [-0.2, 0) is 0 Å². The molecule has 0 saturated carbocycles. The lowest BCUT2D eigenvalue weighted by atomic mass is 10.1. The number of nitriles is 1. The number of anilines is 1. The van der Waals surface area contributed by atoms with Crippen LogP contribution in [0.25, 0.3) is 10.9 Å². The van der Waals surface area contributed by atoms with Gasteiger partial charge in [-0.15, -0.1) is 0 Å². The zero-order chi connectivity index (χ0) is 13.9. The zero-order valence-corrected chi connectivity index (χ0v) is 11.8. The fourth-order valence-corrected chi connectivity index (χ4v) is 2.96. The van der Waals surface area contributed by atoms with E-state index in [9.17, 15) is 5.26 Å². The van der Waals surface area contributed by atoms with Crippen molar-refractivity contribution < 1.29 is 0 Å². The Labute approximate surface area is 121 Å². The summed E-state index contributed by atoms with van der Waals surface area (Å²) in [4.78, 5) is 4.32. The topological polar surface area (TPSA) is 48.7 Å². The van der Waals surface area contributed by atoms with Crippen molar-refractivity contribution in [3.63, 3.8) is 0 Å². The molecule has 0 radical (unpaired) electrons. The van der Waals surface area contributed by atoms with Crippen LogP contribution in [0.2, 0.25) is 0 Å². The molecular weight excluding hydrogens is 266 g/mol. The first-order valence-electron chi connectivity index (χ1n) is 6.36. The second kappa shape index (κ2) is 5.32. The molecule has 0 fully saturated rings. The highest BCUT2D eigenvalue weighted by molar-refractivity contribution is 7.08. The average Bonchev–Trinajstić information content (AvgIpc) is 3.02. The Morgan fingerprint density at radius 1 is 1.30 bits per heavy atom. The predicted molar refractivity (Wildman–Crippen MR) is 82.8 cm³/mol. The van der Waals surface area contributed by atoms with Gasteiger partial charge in [0.25, 0.3) is 0 Å². The highest BCUT2D eigenvalue weighted by Crippen LogP contribution is 2.29. The number of nitrogens with zero attached hydrogens (tertiary/aromatic N) is 2. The molecule has 0 saturated heterocycles. The zero-order valence-electron chi connectivity index (χ0n) is 11.0. The molecule has 1 aromatic carbocycles. The molecule has 0 bridgehead atoms. The van der Waals surface area contributed by atoms with E-state index in [1.54, 1.807) is 17.5 Å². The van der Waals surface area contributed by atoms with Gasteiger partial charge < -0.3 is 5.32 Å². The van der Waals surface area contributed by atoms with E-state index in [0.717, 1.165) is 16.6 Å². The van der Waals surface area contributed by atoms with Crippen LogP contribution in [0.5, 0.6) is 0 Å². The largest absolute Gasteiger partial charge is 0.377 e. The van der Waals surface area contributed by atoms with Gasteiger partial charge in [-0.25, -0.2) is 0 Å².